The smallest absolute Gasteiger partial charge is 0.150 e. The Hall–Kier alpha value is -1.31. The second kappa shape index (κ2) is 6.92. The lowest BCUT2D eigenvalue weighted by Crippen LogP contribution is -2.12. The fourth-order valence-corrected chi connectivity index (χ4v) is 3.41. The third kappa shape index (κ3) is 3.23. The van der Waals surface area contributed by atoms with Crippen LogP contribution in [-0.2, 0) is 6.42 Å². The van der Waals surface area contributed by atoms with Gasteiger partial charge >= 0.3 is 0 Å². The van der Waals surface area contributed by atoms with Crippen LogP contribution >= 0.6 is 0 Å². The van der Waals surface area contributed by atoms with Gasteiger partial charge in [0, 0.05) is 11.1 Å². The monoisotopic (exact) mass is 274 g/mol. The molecule has 1 aromatic rings. The Balaban J connectivity index is 2.46. The van der Waals surface area contributed by atoms with Crippen LogP contribution in [0.25, 0.3) is 0 Å². The van der Waals surface area contributed by atoms with E-state index in [1.54, 1.807) is 7.11 Å². The second-order valence-electron chi connectivity index (χ2n) is 6.31. The van der Waals surface area contributed by atoms with Crippen LogP contribution in [0.4, 0.5) is 0 Å². The van der Waals surface area contributed by atoms with E-state index in [9.17, 15) is 4.79 Å². The molecule has 0 N–H and O–H groups in total. The fraction of sp³-hybridized carbons (Fsp3) is 0.611. The van der Waals surface area contributed by atoms with Gasteiger partial charge in [0.2, 0.25) is 0 Å². The average molecular weight is 274 g/mol. The maximum Gasteiger partial charge on any atom is 0.150 e. The molecule has 0 amide bonds. The lowest BCUT2D eigenvalue weighted by atomic mass is 9.80. The summed E-state index contributed by atoms with van der Waals surface area (Å²) in [4.78, 5) is 11.7. The van der Waals surface area contributed by atoms with E-state index in [1.165, 1.54) is 43.2 Å². The number of hydrogen-bond donors (Lipinski definition) is 0. The van der Waals surface area contributed by atoms with E-state index < -0.39 is 0 Å². The molecule has 20 heavy (non-hydrogen) atoms. The standard InChI is InChI=1S/C18H26O2/c1-13(2)11-15-9-10-17(20-3)18(16(15)12-19)14-7-5-4-6-8-14/h9-10,12-14H,4-8,11H2,1-3H3. The molecule has 0 unspecified atom stereocenters. The summed E-state index contributed by atoms with van der Waals surface area (Å²) in [5.41, 5.74) is 3.24. The summed E-state index contributed by atoms with van der Waals surface area (Å²) in [6.07, 6.45) is 8.22. The third-order valence-electron chi connectivity index (χ3n) is 4.32. The van der Waals surface area contributed by atoms with Crippen molar-refractivity contribution in [1.82, 2.24) is 0 Å². The molecule has 0 aromatic heterocycles. The average Bonchev–Trinajstić information content (AvgIpc) is 2.47. The highest BCUT2D eigenvalue weighted by Gasteiger charge is 2.24. The van der Waals surface area contributed by atoms with E-state index in [0.717, 1.165) is 24.0 Å². The van der Waals surface area contributed by atoms with E-state index in [1.807, 2.05) is 0 Å². The molecular weight excluding hydrogens is 248 g/mol. The zero-order valence-corrected chi connectivity index (χ0v) is 12.9. The number of carbonyl (C=O) groups excluding carboxylic acids is 1. The maximum absolute atomic E-state index is 11.7. The van der Waals surface area contributed by atoms with Crippen molar-refractivity contribution < 1.29 is 9.53 Å². The Morgan fingerprint density at radius 3 is 2.50 bits per heavy atom. The van der Waals surface area contributed by atoms with Gasteiger partial charge in [0.25, 0.3) is 0 Å². The van der Waals surface area contributed by atoms with E-state index in [0.29, 0.717) is 11.8 Å². The molecule has 110 valence electrons. The van der Waals surface area contributed by atoms with Crippen LogP contribution in [0.15, 0.2) is 12.1 Å². The van der Waals surface area contributed by atoms with E-state index in [2.05, 4.69) is 26.0 Å². The predicted octanol–water partition coefficient (Wildman–Crippen LogP) is 4.75. The van der Waals surface area contributed by atoms with Gasteiger partial charge in [0.05, 0.1) is 7.11 Å². The minimum atomic E-state index is 0.492. The molecule has 1 aromatic carbocycles. The Morgan fingerprint density at radius 2 is 1.95 bits per heavy atom. The zero-order valence-electron chi connectivity index (χ0n) is 12.9. The second-order valence-corrected chi connectivity index (χ2v) is 6.31. The van der Waals surface area contributed by atoms with Gasteiger partial charge in [0.15, 0.2) is 6.29 Å². The maximum atomic E-state index is 11.7. The Labute approximate surface area is 122 Å². The molecule has 1 fully saturated rings. The van der Waals surface area contributed by atoms with Crippen LogP contribution in [0.5, 0.6) is 5.75 Å². The summed E-state index contributed by atoms with van der Waals surface area (Å²) >= 11 is 0. The first-order valence-electron chi connectivity index (χ1n) is 7.82. The van der Waals surface area contributed by atoms with Crippen LogP contribution in [0.2, 0.25) is 0 Å². The van der Waals surface area contributed by atoms with Crippen LogP contribution in [-0.4, -0.2) is 13.4 Å². The minimum absolute atomic E-state index is 0.492. The summed E-state index contributed by atoms with van der Waals surface area (Å²) in [5.74, 6) is 1.94. The first kappa shape index (κ1) is 15.1. The number of benzene rings is 1. The molecule has 0 radical (unpaired) electrons. The number of carbonyl (C=O) groups is 1. The molecule has 1 aliphatic rings. The van der Waals surface area contributed by atoms with Crippen molar-refractivity contribution >= 4 is 6.29 Å². The SMILES string of the molecule is COc1ccc(CC(C)C)c(C=O)c1C1CCCCC1. The lowest BCUT2D eigenvalue weighted by molar-refractivity contribution is 0.112. The molecule has 1 aliphatic carbocycles. The molecule has 2 rings (SSSR count). The third-order valence-corrected chi connectivity index (χ3v) is 4.32. The van der Waals surface area contributed by atoms with Gasteiger partial charge in [-0.2, -0.15) is 0 Å². The molecular formula is C18H26O2. The van der Waals surface area contributed by atoms with Crippen molar-refractivity contribution in [2.75, 3.05) is 7.11 Å². The largest absolute Gasteiger partial charge is 0.496 e. The summed E-state index contributed by atoms with van der Waals surface area (Å²) in [6.45, 7) is 4.39. The van der Waals surface area contributed by atoms with Gasteiger partial charge < -0.3 is 4.74 Å². The van der Waals surface area contributed by atoms with Crippen molar-refractivity contribution in [3.63, 3.8) is 0 Å². The van der Waals surface area contributed by atoms with Crippen LogP contribution < -0.4 is 4.74 Å². The Bertz CT molecular complexity index is 457. The van der Waals surface area contributed by atoms with Gasteiger partial charge in [-0.25, -0.2) is 0 Å². The van der Waals surface area contributed by atoms with Crippen LogP contribution in [0.1, 0.15) is 73.4 Å². The zero-order chi connectivity index (χ0) is 14.5. The normalized spacial score (nSPS) is 16.4. The summed E-state index contributed by atoms with van der Waals surface area (Å²) in [7, 11) is 1.71. The van der Waals surface area contributed by atoms with E-state index in [-0.39, 0.29) is 0 Å². The van der Waals surface area contributed by atoms with Gasteiger partial charge in [-0.05, 0) is 42.7 Å². The first-order valence-corrected chi connectivity index (χ1v) is 7.82. The quantitative estimate of drug-likeness (QED) is 0.724. The molecule has 2 heteroatoms. The van der Waals surface area contributed by atoms with Crippen LogP contribution in [0.3, 0.4) is 0 Å². The number of rotatable bonds is 5. The molecule has 0 aliphatic heterocycles. The molecule has 0 spiro atoms. The molecule has 0 saturated heterocycles. The fourth-order valence-electron chi connectivity index (χ4n) is 3.41. The van der Waals surface area contributed by atoms with Crippen molar-refractivity contribution in [3.05, 3.63) is 28.8 Å². The van der Waals surface area contributed by atoms with E-state index in [4.69, 9.17) is 4.74 Å². The summed E-state index contributed by atoms with van der Waals surface area (Å²) in [5, 5.41) is 0. The van der Waals surface area contributed by atoms with E-state index >= 15 is 0 Å². The van der Waals surface area contributed by atoms with Gasteiger partial charge in [-0.15, -0.1) is 0 Å². The van der Waals surface area contributed by atoms with Gasteiger partial charge in [0.1, 0.15) is 5.75 Å². The summed E-state index contributed by atoms with van der Waals surface area (Å²) < 4.78 is 5.54. The Morgan fingerprint density at radius 1 is 1.25 bits per heavy atom. The number of aldehydes is 1. The topological polar surface area (TPSA) is 26.3 Å². The highest BCUT2D eigenvalue weighted by atomic mass is 16.5. The molecule has 0 heterocycles. The molecule has 1 saturated carbocycles. The minimum Gasteiger partial charge on any atom is -0.496 e. The molecule has 0 bridgehead atoms. The highest BCUT2D eigenvalue weighted by Crippen LogP contribution is 2.40. The van der Waals surface area contributed by atoms with Crippen molar-refractivity contribution in [2.45, 2.75) is 58.3 Å². The molecule has 2 nitrogen and oxygen atoms in total. The van der Waals surface area contributed by atoms with Gasteiger partial charge in [-0.3, -0.25) is 4.79 Å². The van der Waals surface area contributed by atoms with Crippen molar-refractivity contribution in [1.29, 1.82) is 0 Å². The summed E-state index contributed by atoms with van der Waals surface area (Å²) in [6, 6.07) is 4.11. The lowest BCUT2D eigenvalue weighted by Gasteiger charge is -2.26. The number of methoxy groups -OCH3 is 1. The first-order chi connectivity index (χ1) is 9.67. The number of ether oxygens (including phenoxy) is 1. The van der Waals surface area contributed by atoms with Crippen LogP contribution in [0, 0.1) is 5.92 Å². The predicted molar refractivity (Wildman–Crippen MR) is 82.7 cm³/mol. The Kier molecular flexibility index (Phi) is 5.22. The molecule has 0 atom stereocenters. The highest BCUT2D eigenvalue weighted by molar-refractivity contribution is 5.81. The number of hydrogen-bond acceptors (Lipinski definition) is 2. The van der Waals surface area contributed by atoms with Crippen molar-refractivity contribution in [3.8, 4) is 5.75 Å². The van der Waals surface area contributed by atoms with Crippen molar-refractivity contribution in [2.24, 2.45) is 5.92 Å². The van der Waals surface area contributed by atoms with Gasteiger partial charge in [-0.1, -0.05) is 39.2 Å².